The number of carbonyl (C=O) groups excluding carboxylic acids is 1. The summed E-state index contributed by atoms with van der Waals surface area (Å²) in [4.78, 5) is 12.1. The van der Waals surface area contributed by atoms with Gasteiger partial charge >= 0.3 is 12.4 Å². The van der Waals surface area contributed by atoms with E-state index in [4.69, 9.17) is 0 Å². The van der Waals surface area contributed by atoms with Crippen LogP contribution in [0, 0.1) is 13.8 Å². The van der Waals surface area contributed by atoms with Gasteiger partial charge in [-0.3, -0.25) is 5.43 Å². The summed E-state index contributed by atoms with van der Waals surface area (Å²) in [6.45, 7) is 5.48. The first-order chi connectivity index (χ1) is 16.6. The average Bonchev–Trinajstić information content (AvgIpc) is 2.80. The van der Waals surface area contributed by atoms with Crippen molar-refractivity contribution in [2.75, 3.05) is 10.7 Å². The summed E-state index contributed by atoms with van der Waals surface area (Å²) in [5.74, 6) is -0.315. The molecule has 10 heteroatoms. The maximum absolute atomic E-state index is 12.4. The minimum atomic E-state index is -4.76. The van der Waals surface area contributed by atoms with E-state index >= 15 is 0 Å². The van der Waals surface area contributed by atoms with Gasteiger partial charge < -0.3 is 10.1 Å². The SMILES string of the molecule is C/C(=N\Nc1ccc(/C=N/NC(=O)Nc2c(C)cccc2C)cc1)c1cccc(OC(F)(F)F)c1. The highest BCUT2D eigenvalue weighted by atomic mass is 19.4. The molecule has 7 nitrogen and oxygen atoms in total. The van der Waals surface area contributed by atoms with Crippen molar-refractivity contribution in [3.8, 4) is 5.75 Å². The lowest BCUT2D eigenvalue weighted by Gasteiger charge is -2.10. The quantitative estimate of drug-likeness (QED) is 0.276. The number of para-hydroxylation sites is 1. The number of hydrazone groups is 2. The summed E-state index contributed by atoms with van der Waals surface area (Å²) in [7, 11) is 0. The predicted octanol–water partition coefficient (Wildman–Crippen LogP) is 6.19. The largest absolute Gasteiger partial charge is 0.573 e. The van der Waals surface area contributed by atoms with E-state index in [2.05, 4.69) is 31.1 Å². The highest BCUT2D eigenvalue weighted by Gasteiger charge is 2.31. The number of halogens is 3. The number of ether oxygens (including phenoxy) is 1. The molecule has 0 saturated heterocycles. The van der Waals surface area contributed by atoms with Crippen LogP contribution in [-0.4, -0.2) is 24.3 Å². The van der Waals surface area contributed by atoms with E-state index in [-0.39, 0.29) is 5.75 Å². The summed E-state index contributed by atoms with van der Waals surface area (Å²) >= 11 is 0. The van der Waals surface area contributed by atoms with Gasteiger partial charge in [-0.1, -0.05) is 42.5 Å². The Morgan fingerprint density at radius 1 is 0.971 bits per heavy atom. The first-order valence-corrected chi connectivity index (χ1v) is 10.5. The number of anilines is 2. The first-order valence-electron chi connectivity index (χ1n) is 10.5. The van der Waals surface area contributed by atoms with Gasteiger partial charge in [0.05, 0.1) is 17.6 Å². The Morgan fingerprint density at radius 2 is 1.63 bits per heavy atom. The molecule has 0 fully saturated rings. The minimum Gasteiger partial charge on any atom is -0.406 e. The van der Waals surface area contributed by atoms with Crippen molar-refractivity contribution >= 4 is 29.3 Å². The number of hydrogen-bond acceptors (Lipinski definition) is 5. The fourth-order valence-electron chi connectivity index (χ4n) is 3.09. The molecule has 3 N–H and O–H groups in total. The van der Waals surface area contributed by atoms with Gasteiger partial charge in [0, 0.05) is 11.3 Å². The lowest BCUT2D eigenvalue weighted by molar-refractivity contribution is -0.274. The molecule has 182 valence electrons. The molecule has 3 aromatic rings. The van der Waals surface area contributed by atoms with E-state index in [0.717, 1.165) is 22.4 Å². The zero-order valence-electron chi connectivity index (χ0n) is 19.3. The topological polar surface area (TPSA) is 87.1 Å². The summed E-state index contributed by atoms with van der Waals surface area (Å²) in [5, 5.41) is 10.9. The van der Waals surface area contributed by atoms with E-state index in [1.807, 2.05) is 32.0 Å². The van der Waals surface area contributed by atoms with E-state index in [1.54, 1.807) is 37.3 Å². The van der Waals surface area contributed by atoms with Gasteiger partial charge in [-0.15, -0.1) is 13.2 Å². The lowest BCUT2D eigenvalue weighted by Crippen LogP contribution is -2.25. The van der Waals surface area contributed by atoms with Crippen LogP contribution in [0.1, 0.15) is 29.2 Å². The number of amides is 2. The number of hydrogen-bond donors (Lipinski definition) is 3. The molecule has 0 aliphatic heterocycles. The maximum atomic E-state index is 12.4. The van der Waals surface area contributed by atoms with Crippen LogP contribution in [0.25, 0.3) is 0 Å². The Morgan fingerprint density at radius 3 is 2.29 bits per heavy atom. The fourth-order valence-corrected chi connectivity index (χ4v) is 3.09. The van der Waals surface area contributed by atoms with Gasteiger partial charge in [-0.2, -0.15) is 10.2 Å². The second-order valence-corrected chi connectivity index (χ2v) is 7.60. The van der Waals surface area contributed by atoms with Crippen molar-refractivity contribution in [1.82, 2.24) is 5.43 Å². The molecule has 0 unspecified atom stereocenters. The van der Waals surface area contributed by atoms with Crippen molar-refractivity contribution in [1.29, 1.82) is 0 Å². The Bertz CT molecular complexity index is 1220. The summed E-state index contributed by atoms with van der Waals surface area (Å²) in [5.41, 5.74) is 10.3. The summed E-state index contributed by atoms with van der Waals surface area (Å²) < 4.78 is 41.2. The van der Waals surface area contributed by atoms with Gasteiger partial charge in [0.25, 0.3) is 0 Å². The molecule has 0 atom stereocenters. The van der Waals surface area contributed by atoms with Crippen LogP contribution in [0.2, 0.25) is 0 Å². The van der Waals surface area contributed by atoms with E-state index in [0.29, 0.717) is 17.0 Å². The fraction of sp³-hybridized carbons (Fsp3) is 0.160. The molecule has 3 rings (SSSR count). The van der Waals surface area contributed by atoms with Crippen LogP contribution in [0.5, 0.6) is 5.75 Å². The zero-order chi connectivity index (χ0) is 25.4. The van der Waals surface area contributed by atoms with Gasteiger partial charge in [-0.25, -0.2) is 10.2 Å². The van der Waals surface area contributed by atoms with E-state index < -0.39 is 12.4 Å². The van der Waals surface area contributed by atoms with Crippen molar-refractivity contribution in [3.05, 3.63) is 89.0 Å². The van der Waals surface area contributed by atoms with Crippen LogP contribution < -0.4 is 20.9 Å². The Balaban J connectivity index is 1.54. The lowest BCUT2D eigenvalue weighted by atomic mass is 10.1. The Hall–Kier alpha value is -4.34. The molecule has 0 aromatic heterocycles. The van der Waals surface area contributed by atoms with Crippen LogP contribution in [0.3, 0.4) is 0 Å². The van der Waals surface area contributed by atoms with Crippen LogP contribution in [0.4, 0.5) is 29.3 Å². The normalized spacial score (nSPS) is 11.9. The number of benzene rings is 3. The van der Waals surface area contributed by atoms with Crippen molar-refractivity contribution in [2.45, 2.75) is 27.1 Å². The molecule has 0 heterocycles. The number of urea groups is 1. The third-order valence-corrected chi connectivity index (χ3v) is 4.85. The van der Waals surface area contributed by atoms with E-state index in [1.165, 1.54) is 24.4 Å². The third-order valence-electron chi connectivity index (χ3n) is 4.85. The molecule has 0 spiro atoms. The minimum absolute atomic E-state index is 0.315. The summed E-state index contributed by atoms with van der Waals surface area (Å²) in [6, 6.07) is 17.9. The number of aryl methyl sites for hydroxylation is 2. The van der Waals surface area contributed by atoms with Crippen LogP contribution in [0.15, 0.2) is 76.9 Å². The van der Waals surface area contributed by atoms with Crippen LogP contribution in [-0.2, 0) is 0 Å². The molecule has 0 aliphatic rings. The standard InChI is InChI=1S/C25H24F3N5O2/c1-16-6-4-7-17(2)23(16)30-24(34)33-29-15-19-10-12-21(13-11-19)32-31-18(3)20-8-5-9-22(14-20)35-25(26,27)28/h4-15,32H,1-3H3,(H2,30,33,34)/b29-15+,31-18+. The Labute approximate surface area is 200 Å². The molecule has 0 radical (unpaired) electrons. The molecular weight excluding hydrogens is 459 g/mol. The molecular formula is C25H24F3N5O2. The first kappa shape index (κ1) is 25.3. The van der Waals surface area contributed by atoms with Crippen LogP contribution >= 0.6 is 0 Å². The zero-order valence-corrected chi connectivity index (χ0v) is 19.3. The molecule has 0 aliphatic carbocycles. The van der Waals surface area contributed by atoms with Crippen molar-refractivity contribution in [2.24, 2.45) is 10.2 Å². The molecule has 0 saturated carbocycles. The maximum Gasteiger partial charge on any atom is 0.573 e. The predicted molar refractivity (Wildman–Crippen MR) is 131 cm³/mol. The second-order valence-electron chi connectivity index (χ2n) is 7.60. The molecule has 2 amide bonds. The van der Waals surface area contributed by atoms with Crippen molar-refractivity contribution < 1.29 is 22.7 Å². The number of rotatable bonds is 7. The summed E-state index contributed by atoms with van der Waals surface area (Å²) in [6.07, 6.45) is -3.26. The highest BCUT2D eigenvalue weighted by molar-refractivity contribution is 5.99. The molecule has 0 bridgehead atoms. The Kier molecular flexibility index (Phi) is 8.08. The number of nitrogens with zero attached hydrogens (tertiary/aromatic N) is 2. The van der Waals surface area contributed by atoms with Gasteiger partial charge in [0.1, 0.15) is 5.75 Å². The highest BCUT2D eigenvalue weighted by Crippen LogP contribution is 2.23. The number of nitrogens with one attached hydrogen (secondary N) is 3. The number of alkyl halides is 3. The number of carbonyl (C=O) groups is 1. The van der Waals surface area contributed by atoms with Gasteiger partial charge in [0.15, 0.2) is 0 Å². The molecule has 3 aromatic carbocycles. The smallest absolute Gasteiger partial charge is 0.406 e. The second kappa shape index (κ2) is 11.2. The average molecular weight is 483 g/mol. The third kappa shape index (κ3) is 7.88. The van der Waals surface area contributed by atoms with E-state index in [9.17, 15) is 18.0 Å². The van der Waals surface area contributed by atoms with Gasteiger partial charge in [0.2, 0.25) is 0 Å². The van der Waals surface area contributed by atoms with Gasteiger partial charge in [-0.05, 0) is 61.7 Å². The molecule has 35 heavy (non-hydrogen) atoms. The van der Waals surface area contributed by atoms with Crippen molar-refractivity contribution in [3.63, 3.8) is 0 Å². The monoisotopic (exact) mass is 483 g/mol.